The minimum atomic E-state index is -1.03. The lowest BCUT2D eigenvalue weighted by atomic mass is 10.1. The van der Waals surface area contributed by atoms with E-state index in [4.69, 9.17) is 4.74 Å². The van der Waals surface area contributed by atoms with E-state index in [1.54, 1.807) is 12.1 Å². The van der Waals surface area contributed by atoms with Crippen molar-refractivity contribution in [2.75, 3.05) is 31.9 Å². The first kappa shape index (κ1) is 24.7. The molecular formula is C25H24F2N4O5. The molecule has 0 radical (unpaired) electrons. The van der Waals surface area contributed by atoms with Gasteiger partial charge in [0.25, 0.3) is 11.8 Å². The van der Waals surface area contributed by atoms with Gasteiger partial charge in [-0.1, -0.05) is 24.3 Å². The first-order valence-corrected chi connectivity index (χ1v) is 11.2. The highest BCUT2D eigenvalue weighted by molar-refractivity contribution is 5.99. The van der Waals surface area contributed by atoms with Crippen molar-refractivity contribution >= 4 is 11.8 Å². The molecule has 0 aliphatic carbocycles. The molecule has 0 spiro atoms. The number of carbonyl (C=O) groups is 2. The molecule has 36 heavy (non-hydrogen) atoms. The van der Waals surface area contributed by atoms with Crippen molar-refractivity contribution in [3.05, 3.63) is 93.4 Å². The fraction of sp³-hybridized carbons (Fsp3) is 0.240. The molecule has 3 aromatic rings. The second-order valence-corrected chi connectivity index (χ2v) is 8.21. The Morgan fingerprint density at radius 1 is 1.14 bits per heavy atom. The Balaban J connectivity index is 1.46. The maximum atomic E-state index is 13.8. The van der Waals surface area contributed by atoms with Crippen LogP contribution in [0.3, 0.4) is 0 Å². The van der Waals surface area contributed by atoms with Gasteiger partial charge in [0, 0.05) is 38.0 Å². The van der Waals surface area contributed by atoms with Crippen molar-refractivity contribution in [2.24, 2.45) is 0 Å². The van der Waals surface area contributed by atoms with Gasteiger partial charge in [-0.3, -0.25) is 24.1 Å². The van der Waals surface area contributed by atoms with Crippen LogP contribution >= 0.6 is 0 Å². The number of hydrogen-bond donors (Lipinski definition) is 2. The number of ether oxygens (including phenoxy) is 1. The highest BCUT2D eigenvalue weighted by Crippen LogP contribution is 2.21. The van der Waals surface area contributed by atoms with Crippen LogP contribution in [0.2, 0.25) is 0 Å². The first-order chi connectivity index (χ1) is 17.3. The van der Waals surface area contributed by atoms with E-state index >= 15 is 0 Å². The van der Waals surface area contributed by atoms with Gasteiger partial charge >= 0.3 is 0 Å². The van der Waals surface area contributed by atoms with Crippen molar-refractivity contribution in [3.63, 3.8) is 0 Å². The molecule has 0 atom stereocenters. The number of nitrogens with zero attached hydrogens (tertiary/aromatic N) is 3. The van der Waals surface area contributed by atoms with Crippen LogP contribution in [0.25, 0.3) is 0 Å². The van der Waals surface area contributed by atoms with E-state index in [0.717, 1.165) is 12.3 Å². The second-order valence-electron chi connectivity index (χ2n) is 8.21. The predicted molar refractivity (Wildman–Crippen MR) is 126 cm³/mol. The van der Waals surface area contributed by atoms with Crippen LogP contribution in [-0.2, 0) is 6.54 Å². The fourth-order valence-electron chi connectivity index (χ4n) is 3.82. The largest absolute Gasteiger partial charge is 0.502 e. The number of aromatic nitrogens is 1. The van der Waals surface area contributed by atoms with Gasteiger partial charge in [0.1, 0.15) is 29.6 Å². The van der Waals surface area contributed by atoms with Gasteiger partial charge in [-0.15, -0.1) is 0 Å². The molecule has 1 aliphatic rings. The number of benzene rings is 2. The topological polar surface area (TPSA) is 104 Å². The second kappa shape index (κ2) is 10.5. The quantitative estimate of drug-likeness (QED) is 0.462. The number of rotatable bonds is 8. The van der Waals surface area contributed by atoms with Gasteiger partial charge < -0.3 is 20.1 Å². The van der Waals surface area contributed by atoms with Gasteiger partial charge in [-0.25, -0.2) is 8.78 Å². The number of aromatic hydroxyl groups is 1. The van der Waals surface area contributed by atoms with Gasteiger partial charge in [0.05, 0.1) is 6.61 Å². The van der Waals surface area contributed by atoms with Crippen LogP contribution in [0.15, 0.2) is 59.5 Å². The maximum Gasteiger partial charge on any atom is 0.277 e. The lowest BCUT2D eigenvalue weighted by Crippen LogP contribution is -2.53. The molecule has 9 nitrogen and oxygen atoms in total. The molecule has 1 aromatic heterocycles. The lowest BCUT2D eigenvalue weighted by Gasteiger charge is -2.37. The number of fused-ring (bicyclic) bond motifs is 1. The van der Waals surface area contributed by atoms with Crippen molar-refractivity contribution in [1.82, 2.24) is 14.9 Å². The lowest BCUT2D eigenvalue weighted by molar-refractivity contribution is 0.0682. The summed E-state index contributed by atoms with van der Waals surface area (Å²) in [6.45, 7) is 0.515. The summed E-state index contributed by atoms with van der Waals surface area (Å²) in [6.07, 6.45) is 1.67. The molecule has 2 amide bonds. The Kier molecular flexibility index (Phi) is 7.18. The summed E-state index contributed by atoms with van der Waals surface area (Å²) in [4.78, 5) is 39.8. The molecule has 11 heteroatoms. The number of pyridine rings is 1. The molecule has 2 aromatic carbocycles. The average molecular weight is 498 g/mol. The van der Waals surface area contributed by atoms with E-state index in [1.807, 2.05) is 30.3 Å². The summed E-state index contributed by atoms with van der Waals surface area (Å²) >= 11 is 0. The smallest absolute Gasteiger partial charge is 0.277 e. The van der Waals surface area contributed by atoms with Crippen LogP contribution in [0, 0.1) is 11.6 Å². The van der Waals surface area contributed by atoms with Gasteiger partial charge in [0.15, 0.2) is 11.4 Å². The third-order valence-electron chi connectivity index (χ3n) is 5.68. The third-order valence-corrected chi connectivity index (χ3v) is 5.68. The highest BCUT2D eigenvalue weighted by Gasteiger charge is 2.33. The average Bonchev–Trinajstić information content (AvgIpc) is 2.86. The van der Waals surface area contributed by atoms with E-state index in [2.05, 4.69) is 5.32 Å². The zero-order valence-electron chi connectivity index (χ0n) is 19.4. The van der Waals surface area contributed by atoms with Crippen molar-refractivity contribution in [1.29, 1.82) is 0 Å². The SMILES string of the molecule is CN1CN(CCCOc2ccccc2)C(=O)c2c(O)c(=O)c(C(=O)NCc3ccc(F)cc3F)cn21. The minimum Gasteiger partial charge on any atom is -0.502 e. The predicted octanol–water partition coefficient (Wildman–Crippen LogP) is 2.21. The van der Waals surface area contributed by atoms with Crippen molar-refractivity contribution in [3.8, 4) is 11.5 Å². The molecular weight excluding hydrogens is 474 g/mol. The van der Waals surface area contributed by atoms with Crippen LogP contribution in [-0.4, -0.2) is 53.4 Å². The van der Waals surface area contributed by atoms with Gasteiger partial charge in [-0.2, -0.15) is 0 Å². The molecule has 0 fully saturated rings. The third kappa shape index (κ3) is 5.14. The van der Waals surface area contributed by atoms with E-state index in [-0.39, 0.29) is 24.5 Å². The van der Waals surface area contributed by atoms with Crippen LogP contribution in [0.4, 0.5) is 8.78 Å². The van der Waals surface area contributed by atoms with Crippen LogP contribution in [0.5, 0.6) is 11.5 Å². The molecule has 188 valence electrons. The summed E-state index contributed by atoms with van der Waals surface area (Å²) in [6, 6.07) is 12.1. The summed E-state index contributed by atoms with van der Waals surface area (Å²) in [7, 11) is 1.63. The van der Waals surface area contributed by atoms with Crippen LogP contribution < -0.4 is 20.5 Å². The normalized spacial score (nSPS) is 12.9. The monoisotopic (exact) mass is 498 g/mol. The molecule has 4 rings (SSSR count). The molecule has 0 unspecified atom stereocenters. The Morgan fingerprint density at radius 3 is 2.61 bits per heavy atom. The molecule has 1 aliphatic heterocycles. The van der Waals surface area contributed by atoms with Crippen molar-refractivity contribution in [2.45, 2.75) is 13.0 Å². The van der Waals surface area contributed by atoms with E-state index in [9.17, 15) is 28.3 Å². The Labute approximate surface area is 205 Å². The molecule has 2 N–H and O–H groups in total. The maximum absolute atomic E-state index is 13.8. The summed E-state index contributed by atoms with van der Waals surface area (Å²) in [5.41, 5.74) is -1.71. The van der Waals surface area contributed by atoms with E-state index in [0.29, 0.717) is 31.4 Å². The Hall–Kier alpha value is -4.41. The van der Waals surface area contributed by atoms with E-state index in [1.165, 1.54) is 15.6 Å². The fourth-order valence-corrected chi connectivity index (χ4v) is 3.82. The molecule has 0 saturated carbocycles. The molecule has 0 saturated heterocycles. The highest BCUT2D eigenvalue weighted by atomic mass is 19.1. The number of nitrogens with one attached hydrogen (secondary N) is 1. The van der Waals surface area contributed by atoms with Gasteiger partial charge in [-0.05, 0) is 24.6 Å². The number of amides is 2. The number of carbonyl (C=O) groups excluding carboxylic acids is 2. The summed E-state index contributed by atoms with van der Waals surface area (Å²) < 4.78 is 33.8. The van der Waals surface area contributed by atoms with Crippen molar-refractivity contribution < 1.29 is 28.2 Å². The molecule has 0 bridgehead atoms. The Morgan fingerprint density at radius 2 is 1.89 bits per heavy atom. The number of hydrogen-bond acceptors (Lipinski definition) is 6. The standard InChI is InChI=1S/C25H24F2N4O5/c1-29-15-30(10-5-11-36-18-6-3-2-4-7-18)25(35)21-23(33)22(32)19(14-31(21)29)24(34)28-13-16-8-9-17(26)12-20(16)27/h2-4,6-9,12,14,33H,5,10-11,13,15H2,1H3,(H,28,34). The summed E-state index contributed by atoms with van der Waals surface area (Å²) in [5.74, 6) is -3.20. The number of halogens is 2. The number of para-hydroxylation sites is 1. The zero-order valence-corrected chi connectivity index (χ0v) is 19.4. The minimum absolute atomic E-state index is 0.0196. The first-order valence-electron chi connectivity index (χ1n) is 11.2. The molecule has 2 heterocycles. The summed E-state index contributed by atoms with van der Waals surface area (Å²) in [5, 5.41) is 14.5. The van der Waals surface area contributed by atoms with Gasteiger partial charge in [0.2, 0.25) is 5.43 Å². The van der Waals surface area contributed by atoms with Crippen LogP contribution in [0.1, 0.15) is 32.8 Å². The Bertz CT molecular complexity index is 1350. The zero-order chi connectivity index (χ0) is 25.8. The van der Waals surface area contributed by atoms with E-state index < -0.39 is 40.2 Å².